The number of hydrogen-bond donors (Lipinski definition) is 1. The molecule has 0 spiro atoms. The van der Waals surface area contributed by atoms with Gasteiger partial charge in [0.1, 0.15) is 5.76 Å². The van der Waals surface area contributed by atoms with Crippen LogP contribution in [-0.2, 0) is 32.6 Å². The summed E-state index contributed by atoms with van der Waals surface area (Å²) in [6.07, 6.45) is 2.27. The van der Waals surface area contributed by atoms with Crippen LogP contribution in [-0.4, -0.2) is 45.1 Å². The SMILES string of the molecule is COCCCn1c(C)cc(C(=O)COC(=O)c2ccc(S(=O)(=O)NCc3ccco3)cc2)c1C. The molecule has 0 bridgehead atoms. The number of hydrogen-bond acceptors (Lipinski definition) is 7. The van der Waals surface area contributed by atoms with Crippen LogP contribution in [0.5, 0.6) is 0 Å². The first kappa shape index (κ1) is 25.4. The number of methoxy groups -OCH3 is 1. The molecule has 0 saturated heterocycles. The number of ether oxygens (including phenoxy) is 2. The van der Waals surface area contributed by atoms with Crippen LogP contribution in [0.25, 0.3) is 0 Å². The number of furan rings is 1. The van der Waals surface area contributed by atoms with Crippen molar-refractivity contribution in [3.05, 3.63) is 77.0 Å². The minimum Gasteiger partial charge on any atom is -0.468 e. The van der Waals surface area contributed by atoms with Crippen molar-refractivity contribution in [2.75, 3.05) is 20.3 Å². The van der Waals surface area contributed by atoms with Gasteiger partial charge in [0.2, 0.25) is 15.8 Å². The molecule has 9 nitrogen and oxygen atoms in total. The Balaban J connectivity index is 1.58. The number of aryl methyl sites for hydroxylation is 1. The number of rotatable bonds is 12. The number of Topliss-reactive ketones (excluding diaryl/α,β-unsaturated/α-hetero) is 1. The molecule has 2 heterocycles. The molecule has 0 aliphatic carbocycles. The van der Waals surface area contributed by atoms with Gasteiger partial charge < -0.3 is 18.5 Å². The molecule has 1 aromatic carbocycles. The fraction of sp³-hybridized carbons (Fsp3) is 0.333. The van der Waals surface area contributed by atoms with E-state index in [-0.39, 0.29) is 22.8 Å². The van der Waals surface area contributed by atoms with Gasteiger partial charge in [-0.15, -0.1) is 0 Å². The Bertz CT molecular complexity index is 1230. The molecule has 1 N–H and O–H groups in total. The average molecular weight is 489 g/mol. The summed E-state index contributed by atoms with van der Waals surface area (Å²) < 4.78 is 44.6. The van der Waals surface area contributed by atoms with E-state index >= 15 is 0 Å². The molecular weight excluding hydrogens is 460 g/mol. The summed E-state index contributed by atoms with van der Waals surface area (Å²) in [5, 5.41) is 0. The first-order chi connectivity index (χ1) is 16.2. The number of benzene rings is 1. The standard InChI is InChI=1S/C24H28N2O7S/c1-17-14-22(18(2)26(17)11-5-12-31-3)23(27)16-33-24(28)19-7-9-21(10-8-19)34(29,30)25-15-20-6-4-13-32-20/h4,6-10,13-14,25H,5,11-12,15-16H2,1-3H3. The zero-order chi connectivity index (χ0) is 24.7. The summed E-state index contributed by atoms with van der Waals surface area (Å²) in [7, 11) is -2.14. The van der Waals surface area contributed by atoms with Crippen LogP contribution in [0, 0.1) is 13.8 Å². The van der Waals surface area contributed by atoms with Crippen molar-refractivity contribution < 1.29 is 31.9 Å². The number of sulfonamides is 1. The number of nitrogens with zero attached hydrogens (tertiary/aromatic N) is 1. The minimum atomic E-state index is -3.78. The third kappa shape index (κ3) is 6.22. The topological polar surface area (TPSA) is 117 Å². The van der Waals surface area contributed by atoms with Crippen LogP contribution < -0.4 is 4.72 Å². The minimum absolute atomic E-state index is 0.00686. The first-order valence-electron chi connectivity index (χ1n) is 10.7. The number of carbonyl (C=O) groups is 2. The molecule has 182 valence electrons. The van der Waals surface area contributed by atoms with Crippen LogP contribution in [0.3, 0.4) is 0 Å². The van der Waals surface area contributed by atoms with Crippen molar-refractivity contribution in [3.63, 3.8) is 0 Å². The van der Waals surface area contributed by atoms with Crippen LogP contribution in [0.4, 0.5) is 0 Å². The Morgan fingerprint density at radius 1 is 1.12 bits per heavy atom. The third-order valence-electron chi connectivity index (χ3n) is 5.36. The Kier molecular flexibility index (Phi) is 8.43. The largest absolute Gasteiger partial charge is 0.468 e. The van der Waals surface area contributed by atoms with Crippen molar-refractivity contribution in [2.24, 2.45) is 0 Å². The number of esters is 1. The van der Waals surface area contributed by atoms with E-state index in [0.717, 1.165) is 24.4 Å². The molecule has 0 unspecified atom stereocenters. The lowest BCUT2D eigenvalue weighted by Gasteiger charge is -2.09. The lowest BCUT2D eigenvalue weighted by Crippen LogP contribution is -2.23. The van der Waals surface area contributed by atoms with E-state index in [4.69, 9.17) is 13.9 Å². The van der Waals surface area contributed by atoms with Crippen molar-refractivity contribution in [1.29, 1.82) is 0 Å². The highest BCUT2D eigenvalue weighted by Gasteiger charge is 2.19. The van der Waals surface area contributed by atoms with Gasteiger partial charge in [0.05, 0.1) is 23.3 Å². The predicted molar refractivity (Wildman–Crippen MR) is 124 cm³/mol. The lowest BCUT2D eigenvalue weighted by molar-refractivity contribution is 0.0474. The third-order valence-corrected chi connectivity index (χ3v) is 6.77. The van der Waals surface area contributed by atoms with E-state index in [2.05, 4.69) is 4.72 Å². The van der Waals surface area contributed by atoms with E-state index < -0.39 is 22.6 Å². The van der Waals surface area contributed by atoms with Gasteiger partial charge in [0.25, 0.3) is 0 Å². The zero-order valence-corrected chi connectivity index (χ0v) is 20.2. The summed E-state index contributed by atoms with van der Waals surface area (Å²) >= 11 is 0. The van der Waals surface area contributed by atoms with Gasteiger partial charge in [-0.3, -0.25) is 4.79 Å². The summed E-state index contributed by atoms with van der Waals surface area (Å²) in [5.41, 5.74) is 2.40. The molecule has 3 aromatic rings. The van der Waals surface area contributed by atoms with Crippen LogP contribution >= 0.6 is 0 Å². The predicted octanol–water partition coefficient (Wildman–Crippen LogP) is 3.25. The smallest absolute Gasteiger partial charge is 0.338 e. The van der Waals surface area contributed by atoms with Crippen LogP contribution in [0.15, 0.2) is 58.0 Å². The Morgan fingerprint density at radius 3 is 2.50 bits per heavy atom. The zero-order valence-electron chi connectivity index (χ0n) is 19.4. The fourth-order valence-corrected chi connectivity index (χ4v) is 4.51. The van der Waals surface area contributed by atoms with Crippen LogP contribution in [0.1, 0.15) is 44.3 Å². The van der Waals surface area contributed by atoms with E-state index in [0.29, 0.717) is 17.9 Å². The molecule has 0 radical (unpaired) electrons. The molecule has 34 heavy (non-hydrogen) atoms. The highest BCUT2D eigenvalue weighted by Crippen LogP contribution is 2.17. The molecule has 2 aromatic heterocycles. The molecule has 0 amide bonds. The van der Waals surface area contributed by atoms with Crippen molar-refractivity contribution >= 4 is 21.8 Å². The van der Waals surface area contributed by atoms with Crippen molar-refractivity contribution in [3.8, 4) is 0 Å². The number of ketones is 1. The molecule has 10 heteroatoms. The monoisotopic (exact) mass is 488 g/mol. The maximum Gasteiger partial charge on any atom is 0.338 e. The Labute approximate surface area is 198 Å². The first-order valence-corrected chi connectivity index (χ1v) is 12.2. The highest BCUT2D eigenvalue weighted by molar-refractivity contribution is 7.89. The van der Waals surface area contributed by atoms with Crippen molar-refractivity contribution in [2.45, 2.75) is 38.3 Å². The quantitative estimate of drug-likeness (QED) is 0.236. The molecule has 0 aliphatic rings. The second kappa shape index (κ2) is 11.3. The van der Waals surface area contributed by atoms with Gasteiger partial charge in [0.15, 0.2) is 6.61 Å². The van der Waals surface area contributed by atoms with E-state index in [1.165, 1.54) is 30.5 Å². The van der Waals surface area contributed by atoms with Gasteiger partial charge >= 0.3 is 5.97 Å². The van der Waals surface area contributed by atoms with Gasteiger partial charge in [-0.2, -0.15) is 0 Å². The second-order valence-electron chi connectivity index (χ2n) is 7.71. The Morgan fingerprint density at radius 2 is 1.85 bits per heavy atom. The lowest BCUT2D eigenvalue weighted by atomic mass is 10.1. The molecule has 0 fully saturated rings. The van der Waals surface area contributed by atoms with Gasteiger partial charge in [-0.1, -0.05) is 0 Å². The molecular formula is C24H28N2O7S. The summed E-state index contributed by atoms with van der Waals surface area (Å²) in [6, 6.07) is 10.4. The normalized spacial score (nSPS) is 11.5. The molecule has 0 aliphatic heterocycles. The number of carbonyl (C=O) groups excluding carboxylic acids is 2. The van der Waals surface area contributed by atoms with Gasteiger partial charge in [0, 0.05) is 37.2 Å². The summed E-state index contributed by atoms with van der Waals surface area (Å²) in [5.74, 6) is -0.542. The number of aromatic nitrogens is 1. The molecule has 0 atom stereocenters. The number of nitrogens with one attached hydrogen (secondary N) is 1. The summed E-state index contributed by atoms with van der Waals surface area (Å²) in [4.78, 5) is 25.0. The second-order valence-corrected chi connectivity index (χ2v) is 9.48. The average Bonchev–Trinajstić information content (AvgIpc) is 3.45. The molecule has 3 rings (SSSR count). The fourth-order valence-electron chi connectivity index (χ4n) is 3.52. The van der Waals surface area contributed by atoms with Gasteiger partial charge in [-0.25, -0.2) is 17.9 Å². The maximum absolute atomic E-state index is 12.6. The van der Waals surface area contributed by atoms with Gasteiger partial charge in [-0.05, 0) is 62.7 Å². The summed E-state index contributed by atoms with van der Waals surface area (Å²) in [6.45, 7) is 4.72. The maximum atomic E-state index is 12.6. The Hall–Kier alpha value is -3.21. The molecule has 0 saturated carbocycles. The van der Waals surface area contributed by atoms with E-state index in [1.807, 2.05) is 18.4 Å². The van der Waals surface area contributed by atoms with Crippen LogP contribution in [0.2, 0.25) is 0 Å². The van der Waals surface area contributed by atoms with E-state index in [9.17, 15) is 18.0 Å². The van der Waals surface area contributed by atoms with E-state index in [1.54, 1.807) is 25.3 Å². The highest BCUT2D eigenvalue weighted by atomic mass is 32.2. The van der Waals surface area contributed by atoms with Crippen molar-refractivity contribution in [1.82, 2.24) is 9.29 Å².